The van der Waals surface area contributed by atoms with E-state index >= 15 is 0 Å². The van der Waals surface area contributed by atoms with E-state index in [-0.39, 0.29) is 6.42 Å². The fourth-order valence-electron chi connectivity index (χ4n) is 3.58. The highest BCUT2D eigenvalue weighted by Gasteiger charge is 2.73. The minimum absolute atomic E-state index is 0.157. The molecule has 0 bridgehead atoms. The summed E-state index contributed by atoms with van der Waals surface area (Å²) in [5, 5.41) is 0. The Kier molecular flexibility index (Phi) is 7.99. The molecule has 29 heavy (non-hydrogen) atoms. The fraction of sp³-hybridized carbons (Fsp3) is 0.714. The van der Waals surface area contributed by atoms with Gasteiger partial charge in [-0.1, -0.05) is 56.9 Å². The highest BCUT2D eigenvalue weighted by atomic mass is 19.4. The first-order valence-corrected chi connectivity index (χ1v) is 9.99. The second kappa shape index (κ2) is 9.67. The van der Waals surface area contributed by atoms with Crippen LogP contribution >= 0.6 is 0 Å². The first kappa shape index (κ1) is 24.0. The van der Waals surface area contributed by atoms with Gasteiger partial charge in [0.05, 0.1) is 6.10 Å². The van der Waals surface area contributed by atoms with E-state index in [0.717, 1.165) is 36.5 Å². The zero-order valence-corrected chi connectivity index (χ0v) is 16.4. The normalized spacial score (nSPS) is 23.7. The molecule has 2 rings (SSSR count). The number of allylic oxidation sites excluding steroid dienone is 4. The topological polar surface area (TPSA) is 9.23 Å². The summed E-state index contributed by atoms with van der Waals surface area (Å²) in [6.45, 7) is -0.752. The molecule has 0 heterocycles. The van der Waals surface area contributed by atoms with E-state index in [4.69, 9.17) is 0 Å². The first-order chi connectivity index (χ1) is 13.5. The van der Waals surface area contributed by atoms with Crippen molar-refractivity contribution >= 4 is 0 Å². The van der Waals surface area contributed by atoms with Crippen molar-refractivity contribution in [2.45, 2.75) is 82.3 Å². The van der Waals surface area contributed by atoms with Crippen LogP contribution in [-0.2, 0) is 4.74 Å². The van der Waals surface area contributed by atoms with Crippen LogP contribution in [0.25, 0.3) is 0 Å². The monoisotopic (exact) mass is 428 g/mol. The maximum absolute atomic E-state index is 13.6. The molecule has 2 aliphatic carbocycles. The van der Waals surface area contributed by atoms with E-state index in [0.29, 0.717) is 5.92 Å². The molecule has 0 saturated heterocycles. The Morgan fingerprint density at radius 2 is 1.76 bits per heavy atom. The summed E-state index contributed by atoms with van der Waals surface area (Å²) >= 11 is 0. The van der Waals surface area contributed by atoms with Gasteiger partial charge >= 0.3 is 18.0 Å². The summed E-state index contributed by atoms with van der Waals surface area (Å²) in [7, 11) is 0. The lowest BCUT2D eigenvalue weighted by molar-refractivity contribution is -0.405. The average Bonchev–Trinajstić information content (AvgIpc) is 2.69. The first-order valence-electron chi connectivity index (χ1n) is 9.99. The molecule has 0 N–H and O–H groups in total. The number of ether oxygens (including phenoxy) is 1. The maximum Gasteiger partial charge on any atom is 0.426 e. The molecule has 8 heteroatoms. The summed E-state index contributed by atoms with van der Waals surface area (Å²) in [4.78, 5) is 0. The highest BCUT2D eigenvalue weighted by molar-refractivity contribution is 5.42. The number of hydrogen-bond donors (Lipinski definition) is 0. The number of halogens is 7. The van der Waals surface area contributed by atoms with Crippen molar-refractivity contribution in [3.05, 3.63) is 35.5 Å². The van der Waals surface area contributed by atoms with Crippen LogP contribution in [0.4, 0.5) is 30.7 Å². The lowest BCUT2D eigenvalue weighted by Crippen LogP contribution is -2.57. The molecule has 0 radical (unpaired) electrons. The lowest BCUT2D eigenvalue weighted by atomic mass is 9.82. The van der Waals surface area contributed by atoms with E-state index < -0.39 is 30.7 Å². The van der Waals surface area contributed by atoms with Crippen molar-refractivity contribution < 1.29 is 35.5 Å². The second-order valence-electron chi connectivity index (χ2n) is 7.71. The minimum atomic E-state index is -5.95. The van der Waals surface area contributed by atoms with Crippen LogP contribution in [0.5, 0.6) is 0 Å². The van der Waals surface area contributed by atoms with Crippen LogP contribution in [0.1, 0.15) is 58.3 Å². The Balaban J connectivity index is 1.92. The zero-order valence-electron chi connectivity index (χ0n) is 16.4. The maximum atomic E-state index is 13.6. The van der Waals surface area contributed by atoms with Crippen LogP contribution in [0.15, 0.2) is 35.5 Å². The molecular formula is C21H27F7O. The fourth-order valence-corrected chi connectivity index (χ4v) is 3.58. The lowest BCUT2D eigenvalue weighted by Gasteiger charge is -2.33. The number of unbranched alkanes of at least 4 members (excludes halogenated alkanes) is 2. The van der Waals surface area contributed by atoms with Crippen LogP contribution in [0.2, 0.25) is 0 Å². The number of alkyl halides is 7. The molecule has 0 spiro atoms. The molecule has 2 atom stereocenters. The van der Waals surface area contributed by atoms with Crippen molar-refractivity contribution in [1.82, 2.24) is 0 Å². The predicted octanol–water partition coefficient (Wildman–Crippen LogP) is 7.40. The van der Waals surface area contributed by atoms with Gasteiger partial charge in [-0.05, 0) is 42.7 Å². The Hall–Kier alpha value is -1.31. The minimum Gasteiger partial charge on any atom is -0.308 e. The molecule has 2 unspecified atom stereocenters. The molecule has 0 aliphatic heterocycles. The number of rotatable bonds is 10. The van der Waals surface area contributed by atoms with E-state index in [2.05, 4.69) is 17.7 Å². The van der Waals surface area contributed by atoms with Crippen molar-refractivity contribution in [1.29, 1.82) is 0 Å². The van der Waals surface area contributed by atoms with Gasteiger partial charge < -0.3 is 4.74 Å². The van der Waals surface area contributed by atoms with Gasteiger partial charge in [0.15, 0.2) is 6.67 Å². The molecule has 2 aliphatic rings. The largest absolute Gasteiger partial charge is 0.426 e. The van der Waals surface area contributed by atoms with Gasteiger partial charge in [0.25, 0.3) is 0 Å². The summed E-state index contributed by atoms with van der Waals surface area (Å²) in [6.07, 6.45) is 6.74. The zero-order chi connectivity index (χ0) is 21.7. The molecule has 0 saturated carbocycles. The molecule has 166 valence electrons. The van der Waals surface area contributed by atoms with Crippen LogP contribution in [0.3, 0.4) is 0 Å². The average molecular weight is 428 g/mol. The Morgan fingerprint density at radius 3 is 2.28 bits per heavy atom. The van der Waals surface area contributed by atoms with Gasteiger partial charge in [-0.25, -0.2) is 4.39 Å². The third kappa shape index (κ3) is 5.64. The van der Waals surface area contributed by atoms with E-state index in [9.17, 15) is 30.7 Å². The van der Waals surface area contributed by atoms with Crippen molar-refractivity contribution in [2.75, 3.05) is 6.67 Å². The summed E-state index contributed by atoms with van der Waals surface area (Å²) in [5.74, 6) is -10.8. The standard InChI is InChI=1S/C21H27F7O/c1-2-3-4-5-15-6-8-16(9-7-15)17-10-12-18(13-11-17)29-21(27,28)20(25,26)19(23,24)14-22/h8,10-12,15,18H,2-7,9,13-14H2,1H3. The Bertz CT molecular complexity index is 637. The van der Waals surface area contributed by atoms with E-state index in [1.54, 1.807) is 6.08 Å². The van der Waals surface area contributed by atoms with E-state index in [1.807, 2.05) is 0 Å². The summed E-state index contributed by atoms with van der Waals surface area (Å²) in [5.41, 5.74) is 1.87. The Morgan fingerprint density at radius 1 is 1.03 bits per heavy atom. The van der Waals surface area contributed by atoms with Gasteiger partial charge in [0.2, 0.25) is 0 Å². The third-order valence-electron chi connectivity index (χ3n) is 5.46. The molecule has 0 amide bonds. The van der Waals surface area contributed by atoms with Crippen LogP contribution < -0.4 is 0 Å². The van der Waals surface area contributed by atoms with Crippen molar-refractivity contribution in [3.8, 4) is 0 Å². The molecule has 0 aromatic rings. The predicted molar refractivity (Wildman–Crippen MR) is 97.1 cm³/mol. The second-order valence-corrected chi connectivity index (χ2v) is 7.71. The third-order valence-corrected chi connectivity index (χ3v) is 5.46. The van der Waals surface area contributed by atoms with Crippen LogP contribution in [-0.4, -0.2) is 30.7 Å². The summed E-state index contributed by atoms with van der Waals surface area (Å²) < 4.78 is 95.7. The molecule has 0 fully saturated rings. The van der Waals surface area contributed by atoms with Crippen molar-refractivity contribution in [3.63, 3.8) is 0 Å². The summed E-state index contributed by atoms with van der Waals surface area (Å²) in [6, 6.07) is 0. The van der Waals surface area contributed by atoms with Crippen LogP contribution in [0, 0.1) is 5.92 Å². The SMILES string of the molecule is CCCCCC1CC=C(C2=CCC(OC(F)(F)C(F)(F)C(F)(F)CF)C=C2)CC1. The quantitative estimate of drug-likeness (QED) is 0.260. The Labute approximate surface area is 166 Å². The van der Waals surface area contributed by atoms with Crippen molar-refractivity contribution in [2.24, 2.45) is 5.92 Å². The van der Waals surface area contributed by atoms with E-state index in [1.165, 1.54) is 31.8 Å². The smallest absolute Gasteiger partial charge is 0.308 e. The van der Waals surface area contributed by atoms with Gasteiger partial charge in [-0.2, -0.15) is 26.3 Å². The van der Waals surface area contributed by atoms with Gasteiger partial charge in [-0.15, -0.1) is 0 Å². The molecule has 0 aromatic carbocycles. The molecule has 1 nitrogen and oxygen atoms in total. The molecule has 0 aromatic heterocycles. The van der Waals surface area contributed by atoms with Gasteiger partial charge in [0.1, 0.15) is 0 Å². The molecular weight excluding hydrogens is 401 g/mol. The highest BCUT2D eigenvalue weighted by Crippen LogP contribution is 2.47. The number of hydrogen-bond acceptors (Lipinski definition) is 1. The van der Waals surface area contributed by atoms with Gasteiger partial charge in [0, 0.05) is 0 Å². The van der Waals surface area contributed by atoms with Gasteiger partial charge in [-0.3, -0.25) is 0 Å².